The van der Waals surface area contributed by atoms with Crippen molar-refractivity contribution in [3.63, 3.8) is 0 Å². The van der Waals surface area contributed by atoms with Gasteiger partial charge < -0.3 is 0 Å². The molecule has 0 spiro atoms. The summed E-state index contributed by atoms with van der Waals surface area (Å²) in [6, 6.07) is 8.00. The molecule has 0 N–H and O–H groups in total. The molecule has 1 rings (SSSR count). The van der Waals surface area contributed by atoms with Gasteiger partial charge in [0.1, 0.15) is 0 Å². The van der Waals surface area contributed by atoms with Crippen LogP contribution in [0.4, 0.5) is 0 Å². The Hall–Kier alpha value is 2.10. The average Bonchev–Trinajstić information content (AvgIpc) is 2.01. The van der Waals surface area contributed by atoms with Crippen LogP contribution in [0.3, 0.4) is 0 Å². The molecule has 0 fully saturated rings. The minimum atomic E-state index is -0.413. The van der Waals surface area contributed by atoms with Gasteiger partial charge in [0.25, 0.3) is 0 Å². The van der Waals surface area contributed by atoms with Crippen LogP contribution in [-0.2, 0) is 4.29 Å². The smallest absolute Gasteiger partial charge is 0.0619 e. The van der Waals surface area contributed by atoms with Gasteiger partial charge >= 0.3 is 0 Å². The van der Waals surface area contributed by atoms with Gasteiger partial charge in [-0.3, -0.25) is 0 Å². The maximum absolute atomic E-state index is 3.50. The second kappa shape index (κ2) is 5.17. The Balaban J connectivity index is 3.31. The Bertz CT molecular complexity index is 288. The number of halogens is 6. The highest BCUT2D eigenvalue weighted by atomic mass is 80.0. The number of hydrogen-bond donors (Lipinski definition) is 0. The molecule has 78 valence electrons. The number of alkyl halides is 6. The minimum absolute atomic E-state index is 0.413. The van der Waals surface area contributed by atoms with Gasteiger partial charge in [-0.05, 0) is 11.1 Å². The molecule has 0 aromatic heterocycles. The van der Waals surface area contributed by atoms with E-state index in [2.05, 4.69) is 95.6 Å². The zero-order valence-corrected chi connectivity index (χ0v) is 16.1. The highest BCUT2D eigenvalue weighted by Gasteiger charge is 2.31. The van der Waals surface area contributed by atoms with E-state index in [0.717, 1.165) is 11.1 Å². The van der Waals surface area contributed by atoms with Crippen molar-refractivity contribution in [2.24, 2.45) is 0 Å². The fourth-order valence-electron chi connectivity index (χ4n) is 0.978. The van der Waals surface area contributed by atoms with E-state index in [1.165, 1.54) is 0 Å². The first kappa shape index (κ1) is 14.2. The Kier molecular flexibility index (Phi) is 5.23. The van der Waals surface area contributed by atoms with Gasteiger partial charge in [0.05, 0.1) is 0 Å². The van der Waals surface area contributed by atoms with Crippen molar-refractivity contribution in [2.45, 2.75) is 4.29 Å². The Morgan fingerprint density at radius 2 is 0.929 bits per heavy atom. The first-order valence-electron chi connectivity index (χ1n) is 3.46. The molecule has 0 nitrogen and oxygen atoms in total. The molecule has 0 bridgehead atoms. The third kappa shape index (κ3) is 3.84. The molecule has 0 saturated carbocycles. The summed E-state index contributed by atoms with van der Waals surface area (Å²) in [4.78, 5) is 0. The molecule has 6 heteroatoms. The van der Waals surface area contributed by atoms with E-state index in [9.17, 15) is 0 Å². The maximum Gasteiger partial charge on any atom is 0.160 e. The van der Waals surface area contributed by atoms with E-state index in [4.69, 9.17) is 0 Å². The fraction of sp³-hybridized carbons (Fsp3) is 0.250. The molecule has 14 heavy (non-hydrogen) atoms. The number of rotatable bonds is 0. The lowest BCUT2D eigenvalue weighted by Crippen LogP contribution is -2.09. The van der Waals surface area contributed by atoms with Crippen LogP contribution in [-0.4, -0.2) is 0 Å². The standard InChI is InChI=1S/C8H4Br6/c9-7(10,11)5-3-1-2-4-6(5)8(12,13)14/h1-4H. The summed E-state index contributed by atoms with van der Waals surface area (Å²) in [6.45, 7) is 0. The monoisotopic (exact) mass is 574 g/mol. The predicted molar refractivity (Wildman–Crippen MR) is 83.4 cm³/mol. The average molecular weight is 580 g/mol. The van der Waals surface area contributed by atoms with Crippen LogP contribution in [0.1, 0.15) is 11.1 Å². The van der Waals surface area contributed by atoms with Gasteiger partial charge in [-0.1, -0.05) is 120 Å². The maximum atomic E-state index is 3.50. The molecular weight excluding hydrogens is 576 g/mol. The zero-order chi connectivity index (χ0) is 11.0. The Morgan fingerprint density at radius 1 is 0.643 bits per heavy atom. The van der Waals surface area contributed by atoms with Gasteiger partial charge in [0, 0.05) is 0 Å². The van der Waals surface area contributed by atoms with Crippen molar-refractivity contribution in [1.82, 2.24) is 0 Å². The summed E-state index contributed by atoms with van der Waals surface area (Å²) in [5.74, 6) is 0. The van der Waals surface area contributed by atoms with Crippen LogP contribution >= 0.6 is 95.6 Å². The normalized spacial score (nSPS) is 13.0. The van der Waals surface area contributed by atoms with Gasteiger partial charge in [-0.2, -0.15) is 0 Å². The third-order valence-corrected chi connectivity index (χ3v) is 4.10. The van der Waals surface area contributed by atoms with Gasteiger partial charge in [0.2, 0.25) is 0 Å². The topological polar surface area (TPSA) is 0 Å². The van der Waals surface area contributed by atoms with E-state index in [1.807, 2.05) is 24.3 Å². The summed E-state index contributed by atoms with van der Waals surface area (Å²) >= 11 is 21.0. The van der Waals surface area contributed by atoms with E-state index in [-0.39, 0.29) is 0 Å². The van der Waals surface area contributed by atoms with E-state index < -0.39 is 4.29 Å². The van der Waals surface area contributed by atoms with Crippen LogP contribution in [0.2, 0.25) is 0 Å². The number of benzene rings is 1. The highest BCUT2D eigenvalue weighted by Crippen LogP contribution is 2.53. The van der Waals surface area contributed by atoms with Gasteiger partial charge in [-0.15, -0.1) is 0 Å². The SMILES string of the molecule is BrC(Br)(Br)c1ccccc1C(Br)(Br)Br. The molecule has 0 radical (unpaired) electrons. The predicted octanol–water partition coefficient (Wildman–Crippen LogP) is 6.28. The van der Waals surface area contributed by atoms with Crippen LogP contribution in [0, 0.1) is 0 Å². The summed E-state index contributed by atoms with van der Waals surface area (Å²) in [7, 11) is 0. The summed E-state index contributed by atoms with van der Waals surface area (Å²) < 4.78 is -0.825. The molecule has 0 aliphatic carbocycles. The van der Waals surface area contributed by atoms with Crippen LogP contribution < -0.4 is 0 Å². The number of hydrogen-bond acceptors (Lipinski definition) is 0. The van der Waals surface area contributed by atoms with Crippen molar-refractivity contribution in [2.75, 3.05) is 0 Å². The largest absolute Gasteiger partial charge is 0.160 e. The van der Waals surface area contributed by atoms with Crippen molar-refractivity contribution < 1.29 is 0 Å². The lowest BCUT2D eigenvalue weighted by molar-refractivity contribution is 1.23. The van der Waals surface area contributed by atoms with Crippen LogP contribution in [0.25, 0.3) is 0 Å². The second-order valence-electron chi connectivity index (χ2n) is 2.54. The molecule has 0 atom stereocenters. The van der Waals surface area contributed by atoms with Gasteiger partial charge in [0.15, 0.2) is 4.29 Å². The van der Waals surface area contributed by atoms with Gasteiger partial charge in [-0.25, -0.2) is 0 Å². The molecule has 0 aliphatic heterocycles. The van der Waals surface area contributed by atoms with Crippen LogP contribution in [0.5, 0.6) is 0 Å². The summed E-state index contributed by atoms with van der Waals surface area (Å²) in [5, 5.41) is 0. The molecule has 1 aromatic rings. The summed E-state index contributed by atoms with van der Waals surface area (Å²) in [5.41, 5.74) is 2.15. The molecule has 0 saturated heterocycles. The fourth-order valence-corrected chi connectivity index (χ4v) is 3.05. The van der Waals surface area contributed by atoms with E-state index in [1.54, 1.807) is 0 Å². The zero-order valence-electron chi connectivity index (χ0n) is 6.58. The first-order valence-corrected chi connectivity index (χ1v) is 8.22. The van der Waals surface area contributed by atoms with Crippen molar-refractivity contribution in [3.8, 4) is 0 Å². The summed E-state index contributed by atoms with van der Waals surface area (Å²) in [6.07, 6.45) is 0. The Morgan fingerprint density at radius 3 is 1.14 bits per heavy atom. The molecule has 0 unspecified atom stereocenters. The van der Waals surface area contributed by atoms with E-state index >= 15 is 0 Å². The lowest BCUT2D eigenvalue weighted by atomic mass is 10.1. The molecule has 1 aromatic carbocycles. The lowest BCUT2D eigenvalue weighted by Gasteiger charge is -2.22. The molecule has 0 heterocycles. The quantitative estimate of drug-likeness (QED) is 0.318. The van der Waals surface area contributed by atoms with E-state index in [0.29, 0.717) is 0 Å². The van der Waals surface area contributed by atoms with Crippen molar-refractivity contribution >= 4 is 95.6 Å². The third-order valence-electron chi connectivity index (χ3n) is 1.54. The minimum Gasteiger partial charge on any atom is -0.0619 e. The molecule has 0 aliphatic rings. The highest BCUT2D eigenvalue weighted by molar-refractivity contribution is 9.39. The Labute approximate surface area is 133 Å². The second-order valence-corrected chi connectivity index (χ2v) is 16.1. The van der Waals surface area contributed by atoms with Crippen molar-refractivity contribution in [1.29, 1.82) is 0 Å². The van der Waals surface area contributed by atoms with Crippen molar-refractivity contribution in [3.05, 3.63) is 35.4 Å². The molecular formula is C8H4Br6. The molecule has 0 amide bonds. The van der Waals surface area contributed by atoms with Crippen LogP contribution in [0.15, 0.2) is 24.3 Å². The first-order chi connectivity index (χ1) is 6.23.